The first-order valence-electron chi connectivity index (χ1n) is 4.98. The van der Waals surface area contributed by atoms with Gasteiger partial charge < -0.3 is 10.5 Å². The van der Waals surface area contributed by atoms with Crippen molar-refractivity contribution in [2.75, 3.05) is 0 Å². The average molecular weight is 282 g/mol. The summed E-state index contributed by atoms with van der Waals surface area (Å²) >= 11 is 11.8. The summed E-state index contributed by atoms with van der Waals surface area (Å²) in [5, 5.41) is 8.14. The second kappa shape index (κ2) is 5.25. The minimum Gasteiger partial charge on any atom is -0.454 e. The molecule has 4 nitrogen and oxygen atoms in total. The van der Waals surface area contributed by atoms with E-state index in [4.69, 9.17) is 39.1 Å². The van der Waals surface area contributed by atoms with Gasteiger partial charge in [0, 0.05) is 17.8 Å². The molecule has 0 aliphatic rings. The van der Waals surface area contributed by atoms with Gasteiger partial charge in [-0.1, -0.05) is 23.2 Å². The van der Waals surface area contributed by atoms with Gasteiger partial charge in [-0.15, -0.1) is 0 Å². The number of hydrogen-bond donors (Lipinski definition) is 2. The van der Waals surface area contributed by atoms with Crippen LogP contribution in [0, 0.1) is 5.41 Å². The molecule has 1 aromatic heterocycles. The molecule has 0 atom stereocenters. The Hall–Kier alpha value is -1.78. The Bertz CT molecular complexity index is 602. The lowest BCUT2D eigenvalue weighted by Gasteiger charge is -2.08. The quantitative estimate of drug-likeness (QED) is 0.668. The number of nitrogen functional groups attached to an aromatic ring is 1. The van der Waals surface area contributed by atoms with Crippen molar-refractivity contribution in [2.24, 2.45) is 5.73 Å². The van der Waals surface area contributed by atoms with Crippen molar-refractivity contribution in [1.29, 1.82) is 5.41 Å². The third-order valence-electron chi connectivity index (χ3n) is 2.15. The molecule has 18 heavy (non-hydrogen) atoms. The second-order valence-corrected chi connectivity index (χ2v) is 4.34. The molecule has 0 saturated heterocycles. The lowest BCUT2D eigenvalue weighted by atomic mass is 10.2. The van der Waals surface area contributed by atoms with Crippen LogP contribution in [-0.2, 0) is 0 Å². The standard InChI is InChI=1S/C12H9Cl2N3O/c13-8-4-9(6-17-5-8)18-11-2-1-7(12(15)16)3-10(11)14/h1-6H,(H3,15,16). The molecule has 0 unspecified atom stereocenters. The van der Waals surface area contributed by atoms with E-state index < -0.39 is 0 Å². The predicted molar refractivity (Wildman–Crippen MR) is 71.8 cm³/mol. The van der Waals surface area contributed by atoms with Crippen LogP contribution in [0.3, 0.4) is 0 Å². The molecular formula is C12H9Cl2N3O. The van der Waals surface area contributed by atoms with E-state index in [0.717, 1.165) is 0 Å². The van der Waals surface area contributed by atoms with Crippen LogP contribution in [0.4, 0.5) is 0 Å². The van der Waals surface area contributed by atoms with Crippen molar-refractivity contribution in [2.45, 2.75) is 0 Å². The Morgan fingerprint density at radius 3 is 2.61 bits per heavy atom. The zero-order chi connectivity index (χ0) is 13.1. The van der Waals surface area contributed by atoms with Crippen LogP contribution in [0.15, 0.2) is 36.7 Å². The highest BCUT2D eigenvalue weighted by Gasteiger charge is 2.06. The number of nitrogens with two attached hydrogens (primary N) is 1. The van der Waals surface area contributed by atoms with E-state index in [1.807, 2.05) is 0 Å². The summed E-state index contributed by atoms with van der Waals surface area (Å²) in [6.45, 7) is 0. The summed E-state index contributed by atoms with van der Waals surface area (Å²) in [5.74, 6) is 0.888. The first-order chi connectivity index (χ1) is 8.56. The van der Waals surface area contributed by atoms with Crippen LogP contribution in [0.1, 0.15) is 5.56 Å². The van der Waals surface area contributed by atoms with Crippen LogP contribution in [-0.4, -0.2) is 10.8 Å². The molecule has 0 fully saturated rings. The van der Waals surface area contributed by atoms with Crippen molar-refractivity contribution in [3.8, 4) is 11.5 Å². The summed E-state index contributed by atoms with van der Waals surface area (Å²) < 4.78 is 5.53. The van der Waals surface area contributed by atoms with E-state index in [1.54, 1.807) is 24.3 Å². The first-order valence-corrected chi connectivity index (χ1v) is 5.74. The monoisotopic (exact) mass is 281 g/mol. The topological polar surface area (TPSA) is 72.0 Å². The first kappa shape index (κ1) is 12.7. The van der Waals surface area contributed by atoms with E-state index in [0.29, 0.717) is 27.1 Å². The number of pyridine rings is 1. The smallest absolute Gasteiger partial charge is 0.147 e. The minimum atomic E-state index is -0.0483. The van der Waals surface area contributed by atoms with Crippen molar-refractivity contribution in [3.63, 3.8) is 0 Å². The van der Waals surface area contributed by atoms with Gasteiger partial charge in [-0.3, -0.25) is 10.4 Å². The van der Waals surface area contributed by atoms with Gasteiger partial charge in [0.25, 0.3) is 0 Å². The third kappa shape index (κ3) is 2.91. The lowest BCUT2D eigenvalue weighted by Crippen LogP contribution is -2.10. The van der Waals surface area contributed by atoms with Gasteiger partial charge in [0.15, 0.2) is 0 Å². The van der Waals surface area contributed by atoms with Gasteiger partial charge in [-0.25, -0.2) is 0 Å². The van der Waals surface area contributed by atoms with Gasteiger partial charge in [0.05, 0.1) is 16.2 Å². The highest BCUT2D eigenvalue weighted by molar-refractivity contribution is 6.32. The van der Waals surface area contributed by atoms with E-state index in [9.17, 15) is 0 Å². The van der Waals surface area contributed by atoms with E-state index in [-0.39, 0.29) is 5.84 Å². The Kier molecular flexibility index (Phi) is 3.69. The molecule has 0 aliphatic carbocycles. The Morgan fingerprint density at radius 1 is 1.22 bits per heavy atom. The normalized spacial score (nSPS) is 10.1. The van der Waals surface area contributed by atoms with E-state index >= 15 is 0 Å². The molecule has 2 rings (SSSR count). The Morgan fingerprint density at radius 2 is 2.00 bits per heavy atom. The molecule has 6 heteroatoms. The number of amidine groups is 1. The highest BCUT2D eigenvalue weighted by atomic mass is 35.5. The SMILES string of the molecule is N=C(N)c1ccc(Oc2cncc(Cl)c2)c(Cl)c1. The van der Waals surface area contributed by atoms with Crippen molar-refractivity contribution in [1.82, 2.24) is 4.98 Å². The van der Waals surface area contributed by atoms with Crippen LogP contribution < -0.4 is 10.5 Å². The molecule has 2 aromatic rings. The second-order valence-electron chi connectivity index (χ2n) is 3.50. The number of benzene rings is 1. The number of aromatic nitrogens is 1. The largest absolute Gasteiger partial charge is 0.454 e. The number of ether oxygens (including phenoxy) is 1. The molecule has 0 saturated carbocycles. The van der Waals surface area contributed by atoms with Crippen molar-refractivity contribution >= 4 is 29.0 Å². The van der Waals surface area contributed by atoms with E-state index in [2.05, 4.69) is 4.98 Å². The molecule has 0 radical (unpaired) electrons. The lowest BCUT2D eigenvalue weighted by molar-refractivity contribution is 0.480. The number of hydrogen-bond acceptors (Lipinski definition) is 3. The van der Waals surface area contributed by atoms with Gasteiger partial charge in [0.1, 0.15) is 17.3 Å². The molecule has 0 aliphatic heterocycles. The highest BCUT2D eigenvalue weighted by Crippen LogP contribution is 2.30. The van der Waals surface area contributed by atoms with Crippen molar-refractivity contribution in [3.05, 3.63) is 52.3 Å². The number of nitrogens with zero attached hydrogens (tertiary/aromatic N) is 1. The summed E-state index contributed by atoms with van der Waals surface area (Å²) in [7, 11) is 0. The summed E-state index contributed by atoms with van der Waals surface area (Å²) in [5.41, 5.74) is 5.90. The van der Waals surface area contributed by atoms with Crippen LogP contribution in [0.2, 0.25) is 10.0 Å². The fourth-order valence-corrected chi connectivity index (χ4v) is 1.71. The van der Waals surface area contributed by atoms with Crippen LogP contribution in [0.25, 0.3) is 0 Å². The molecule has 0 amide bonds. The van der Waals surface area contributed by atoms with Gasteiger partial charge >= 0.3 is 0 Å². The van der Waals surface area contributed by atoms with Gasteiger partial charge in [-0.2, -0.15) is 0 Å². The van der Waals surface area contributed by atoms with Crippen LogP contribution >= 0.6 is 23.2 Å². The molecule has 0 spiro atoms. The molecule has 1 aromatic carbocycles. The molecule has 92 valence electrons. The Labute approximate surface area is 114 Å². The van der Waals surface area contributed by atoms with Crippen molar-refractivity contribution < 1.29 is 4.74 Å². The van der Waals surface area contributed by atoms with Gasteiger partial charge in [-0.05, 0) is 18.2 Å². The average Bonchev–Trinajstić information content (AvgIpc) is 2.31. The minimum absolute atomic E-state index is 0.0483. The maximum absolute atomic E-state index is 7.30. The number of nitrogens with one attached hydrogen (secondary N) is 1. The summed E-state index contributed by atoms with van der Waals surface area (Å²) in [6, 6.07) is 6.49. The maximum Gasteiger partial charge on any atom is 0.147 e. The molecular weight excluding hydrogens is 273 g/mol. The fourth-order valence-electron chi connectivity index (χ4n) is 1.33. The summed E-state index contributed by atoms with van der Waals surface area (Å²) in [6.07, 6.45) is 3.04. The molecule has 1 heterocycles. The number of halogens is 2. The fraction of sp³-hybridized carbons (Fsp3) is 0. The maximum atomic E-state index is 7.30. The summed E-state index contributed by atoms with van der Waals surface area (Å²) in [4.78, 5) is 3.90. The van der Waals surface area contributed by atoms with E-state index in [1.165, 1.54) is 12.4 Å². The number of rotatable bonds is 3. The molecule has 3 N–H and O–H groups in total. The van der Waals surface area contributed by atoms with Gasteiger partial charge in [0.2, 0.25) is 0 Å². The zero-order valence-electron chi connectivity index (χ0n) is 9.15. The molecule has 0 bridgehead atoms. The predicted octanol–water partition coefficient (Wildman–Crippen LogP) is 3.46. The Balaban J connectivity index is 2.27. The zero-order valence-corrected chi connectivity index (χ0v) is 10.7. The van der Waals surface area contributed by atoms with Crippen LogP contribution in [0.5, 0.6) is 11.5 Å². The third-order valence-corrected chi connectivity index (χ3v) is 2.65.